The van der Waals surface area contributed by atoms with Crippen LogP contribution in [-0.4, -0.2) is 11.8 Å². The highest BCUT2D eigenvalue weighted by Gasteiger charge is 2.15. The second kappa shape index (κ2) is 7.44. The van der Waals surface area contributed by atoms with Crippen molar-refractivity contribution in [3.05, 3.63) is 59.7 Å². The molecule has 0 aromatic heterocycles. The maximum Gasteiger partial charge on any atom is 0.0684 e. The third-order valence-electron chi connectivity index (χ3n) is 4.61. The summed E-state index contributed by atoms with van der Waals surface area (Å²) in [6, 6.07) is 11.1. The van der Waals surface area contributed by atoms with Crippen molar-refractivity contribution in [2.45, 2.75) is 51.5 Å². The minimum absolute atomic E-state index is 0.479. The van der Waals surface area contributed by atoms with Gasteiger partial charge >= 0.3 is 0 Å². The molecule has 1 fully saturated rings. The van der Waals surface area contributed by atoms with E-state index in [9.17, 15) is 0 Å². The van der Waals surface area contributed by atoms with Crippen molar-refractivity contribution < 1.29 is 0 Å². The number of hydrazone groups is 1. The van der Waals surface area contributed by atoms with Gasteiger partial charge in [0, 0.05) is 18.4 Å². The van der Waals surface area contributed by atoms with Gasteiger partial charge in [0.15, 0.2) is 0 Å². The van der Waals surface area contributed by atoms with Gasteiger partial charge in [0.1, 0.15) is 0 Å². The molecule has 22 heavy (non-hydrogen) atoms. The molecule has 1 N–H and O–H groups in total. The summed E-state index contributed by atoms with van der Waals surface area (Å²) in [5.41, 5.74) is 7.21. The topological polar surface area (TPSA) is 24.4 Å². The lowest BCUT2D eigenvalue weighted by atomic mass is 9.96. The largest absolute Gasteiger partial charge is 0.307 e. The molecule has 1 aromatic rings. The summed E-state index contributed by atoms with van der Waals surface area (Å²) in [4.78, 5) is 0. The molecule has 0 saturated heterocycles. The fraction of sp³-hybridized carbons (Fsp3) is 0.450. The van der Waals surface area contributed by atoms with Crippen LogP contribution in [0, 0.1) is 5.92 Å². The van der Waals surface area contributed by atoms with E-state index >= 15 is 0 Å². The lowest BCUT2D eigenvalue weighted by Gasteiger charge is -2.22. The molecule has 2 heteroatoms. The average Bonchev–Trinajstić information content (AvgIpc) is 2.98. The first-order valence-corrected chi connectivity index (χ1v) is 8.55. The highest BCUT2D eigenvalue weighted by Crippen LogP contribution is 2.22. The van der Waals surface area contributed by atoms with Crippen LogP contribution in [0.25, 0.3) is 0 Å². The maximum atomic E-state index is 4.81. The number of hydrogen-bond acceptors (Lipinski definition) is 2. The molecule has 0 amide bonds. The number of hydrogen-bond donors (Lipinski definition) is 1. The van der Waals surface area contributed by atoms with Crippen molar-refractivity contribution in [1.82, 2.24) is 5.43 Å². The van der Waals surface area contributed by atoms with Gasteiger partial charge in [-0.05, 0) is 25.3 Å². The van der Waals surface area contributed by atoms with E-state index in [1.807, 2.05) is 0 Å². The van der Waals surface area contributed by atoms with Gasteiger partial charge < -0.3 is 5.43 Å². The summed E-state index contributed by atoms with van der Waals surface area (Å²) in [6.07, 6.45) is 14.4. The van der Waals surface area contributed by atoms with Gasteiger partial charge in [-0.2, -0.15) is 5.10 Å². The molecule has 1 saturated carbocycles. The quantitative estimate of drug-likeness (QED) is 0.610. The van der Waals surface area contributed by atoms with Gasteiger partial charge in [0.25, 0.3) is 0 Å². The van der Waals surface area contributed by atoms with Gasteiger partial charge in [0.05, 0.1) is 5.71 Å². The molecule has 0 bridgehead atoms. The second-order valence-corrected chi connectivity index (χ2v) is 6.53. The summed E-state index contributed by atoms with van der Waals surface area (Å²) >= 11 is 0. The van der Waals surface area contributed by atoms with Crippen molar-refractivity contribution in [2.24, 2.45) is 11.0 Å². The van der Waals surface area contributed by atoms with Crippen LogP contribution >= 0.6 is 0 Å². The van der Waals surface area contributed by atoms with E-state index in [0.29, 0.717) is 12.0 Å². The van der Waals surface area contributed by atoms with Crippen LogP contribution < -0.4 is 5.43 Å². The van der Waals surface area contributed by atoms with Gasteiger partial charge in [-0.25, -0.2) is 0 Å². The lowest BCUT2D eigenvalue weighted by Crippen LogP contribution is -2.28. The maximum absolute atomic E-state index is 4.81. The van der Waals surface area contributed by atoms with E-state index in [2.05, 4.69) is 60.9 Å². The molecular weight excluding hydrogens is 268 g/mol. The molecule has 1 aromatic carbocycles. The van der Waals surface area contributed by atoms with Crippen LogP contribution in [-0.2, 0) is 0 Å². The molecule has 0 aliphatic heterocycles. The van der Waals surface area contributed by atoms with E-state index in [4.69, 9.17) is 5.10 Å². The van der Waals surface area contributed by atoms with Crippen molar-refractivity contribution >= 4 is 5.71 Å². The zero-order valence-corrected chi connectivity index (χ0v) is 13.5. The number of nitrogens with zero attached hydrogens (tertiary/aromatic N) is 1. The van der Waals surface area contributed by atoms with E-state index in [1.165, 1.54) is 49.0 Å². The molecule has 0 spiro atoms. The number of rotatable bonds is 5. The third-order valence-corrected chi connectivity index (χ3v) is 4.61. The highest BCUT2D eigenvalue weighted by atomic mass is 15.3. The summed E-state index contributed by atoms with van der Waals surface area (Å²) in [6.45, 7) is 2.16. The molecule has 1 unspecified atom stereocenters. The Labute approximate surface area is 134 Å². The molecule has 2 nitrogen and oxygen atoms in total. The Balaban J connectivity index is 1.72. The first-order valence-electron chi connectivity index (χ1n) is 8.55. The highest BCUT2D eigenvalue weighted by molar-refractivity contribution is 6.00. The summed E-state index contributed by atoms with van der Waals surface area (Å²) in [5, 5.41) is 4.81. The zero-order chi connectivity index (χ0) is 15.2. The van der Waals surface area contributed by atoms with E-state index in [1.54, 1.807) is 0 Å². The first-order chi connectivity index (χ1) is 10.8. The van der Waals surface area contributed by atoms with E-state index in [0.717, 1.165) is 6.42 Å². The smallest absolute Gasteiger partial charge is 0.0684 e. The fourth-order valence-electron chi connectivity index (χ4n) is 3.33. The molecular formula is C20H26N2. The monoisotopic (exact) mass is 294 g/mol. The minimum Gasteiger partial charge on any atom is -0.307 e. The average molecular weight is 294 g/mol. The molecule has 3 rings (SSSR count). The molecule has 1 atom stereocenters. The van der Waals surface area contributed by atoms with Gasteiger partial charge in [-0.1, -0.05) is 73.4 Å². The Morgan fingerprint density at radius 1 is 1.14 bits per heavy atom. The molecule has 2 aliphatic carbocycles. The van der Waals surface area contributed by atoms with Gasteiger partial charge in [-0.15, -0.1) is 0 Å². The normalized spacial score (nSPS) is 22.7. The van der Waals surface area contributed by atoms with Crippen molar-refractivity contribution in [1.29, 1.82) is 0 Å². The predicted octanol–water partition coefficient (Wildman–Crippen LogP) is 4.84. The summed E-state index contributed by atoms with van der Waals surface area (Å²) in [7, 11) is 0. The van der Waals surface area contributed by atoms with Gasteiger partial charge in [-0.3, -0.25) is 0 Å². The summed E-state index contributed by atoms with van der Waals surface area (Å²) in [5.74, 6) is 0.479. The zero-order valence-electron chi connectivity index (χ0n) is 13.5. The van der Waals surface area contributed by atoms with Crippen molar-refractivity contribution in [2.75, 3.05) is 0 Å². The fourth-order valence-corrected chi connectivity index (χ4v) is 3.33. The lowest BCUT2D eigenvalue weighted by molar-refractivity contribution is 0.380. The van der Waals surface area contributed by atoms with E-state index in [-0.39, 0.29) is 0 Å². The van der Waals surface area contributed by atoms with Crippen LogP contribution in [0.4, 0.5) is 0 Å². The van der Waals surface area contributed by atoms with Crippen LogP contribution in [0.5, 0.6) is 0 Å². The Bertz CT molecular complexity index is 563. The first kappa shape index (κ1) is 15.1. The third kappa shape index (κ3) is 4.09. The van der Waals surface area contributed by atoms with Crippen LogP contribution in [0.15, 0.2) is 59.2 Å². The second-order valence-electron chi connectivity index (χ2n) is 6.53. The predicted molar refractivity (Wildman–Crippen MR) is 94.0 cm³/mol. The molecule has 2 aliphatic rings. The molecule has 0 heterocycles. The SMILES string of the molecule is CC1=CC(CC(=NNC2CCCCC2)c2ccccc2)C=C1. The number of nitrogens with one attached hydrogen (secondary N) is 1. The van der Waals surface area contributed by atoms with Crippen molar-refractivity contribution in [3.8, 4) is 0 Å². The Kier molecular flexibility index (Phi) is 5.10. The van der Waals surface area contributed by atoms with Crippen molar-refractivity contribution in [3.63, 3.8) is 0 Å². The van der Waals surface area contributed by atoms with Gasteiger partial charge in [0.2, 0.25) is 0 Å². The Morgan fingerprint density at radius 2 is 1.91 bits per heavy atom. The van der Waals surface area contributed by atoms with Crippen LogP contribution in [0.1, 0.15) is 51.0 Å². The standard InChI is InChI=1S/C20H26N2/c1-16-12-13-17(14-16)15-20(18-8-4-2-5-9-18)22-21-19-10-6-3-7-11-19/h2,4-5,8-9,12-14,17,19,21H,3,6-7,10-11,15H2,1H3. The minimum atomic E-state index is 0.479. The summed E-state index contributed by atoms with van der Waals surface area (Å²) < 4.78 is 0. The number of benzene rings is 1. The Hall–Kier alpha value is -1.83. The number of allylic oxidation sites excluding steroid dienone is 4. The Morgan fingerprint density at radius 3 is 2.59 bits per heavy atom. The van der Waals surface area contributed by atoms with E-state index < -0.39 is 0 Å². The molecule has 116 valence electrons. The van der Waals surface area contributed by atoms with Crippen LogP contribution in [0.2, 0.25) is 0 Å². The van der Waals surface area contributed by atoms with Crippen LogP contribution in [0.3, 0.4) is 0 Å². The molecule has 0 radical (unpaired) electrons.